The molecule has 0 aliphatic carbocycles. The third-order valence-electron chi connectivity index (χ3n) is 4.13. The highest BCUT2D eigenvalue weighted by atomic mass is 32.2. The molecule has 0 aliphatic heterocycles. The van der Waals surface area contributed by atoms with Crippen molar-refractivity contribution in [3.63, 3.8) is 0 Å². The van der Waals surface area contributed by atoms with Gasteiger partial charge in [0.1, 0.15) is 0 Å². The highest BCUT2D eigenvalue weighted by Crippen LogP contribution is 2.38. The van der Waals surface area contributed by atoms with Gasteiger partial charge in [-0.15, -0.1) is 0 Å². The van der Waals surface area contributed by atoms with E-state index in [2.05, 4.69) is 5.32 Å². The summed E-state index contributed by atoms with van der Waals surface area (Å²) in [7, 11) is 3.32. The molecule has 2 rings (SSSR count). The average molecular weight is 436 g/mol. The Hall–Kier alpha value is -3.08. The second kappa shape index (κ2) is 10.1. The molecule has 0 atom stereocenters. The Kier molecular flexibility index (Phi) is 7.81. The van der Waals surface area contributed by atoms with Gasteiger partial charge < -0.3 is 19.5 Å². The van der Waals surface area contributed by atoms with E-state index in [1.165, 1.54) is 65.8 Å². The standard InChI is InChI=1S/C20H24N2O7S/c1-22(29-5)30(24,25)16-9-7-15(8-10-16)21-19(23)11-6-14-12-17(26-2)20(28-4)18(13-14)27-3/h6-13H,1-5H3,(H,21,23)/b11-6+. The molecule has 0 saturated heterocycles. The number of hydrogen-bond donors (Lipinski definition) is 1. The zero-order chi connectivity index (χ0) is 22.3. The first-order chi connectivity index (χ1) is 14.3. The van der Waals surface area contributed by atoms with Crippen molar-refractivity contribution in [3.05, 3.63) is 48.0 Å². The van der Waals surface area contributed by atoms with E-state index in [0.29, 0.717) is 28.5 Å². The van der Waals surface area contributed by atoms with Crippen molar-refractivity contribution >= 4 is 27.7 Å². The van der Waals surface area contributed by atoms with Gasteiger partial charge in [-0.1, -0.05) is 4.47 Å². The van der Waals surface area contributed by atoms with Crippen LogP contribution in [-0.2, 0) is 19.7 Å². The molecular formula is C20H24N2O7S. The van der Waals surface area contributed by atoms with Crippen molar-refractivity contribution < 1.29 is 32.3 Å². The van der Waals surface area contributed by atoms with Gasteiger partial charge in [-0.2, -0.15) is 0 Å². The minimum absolute atomic E-state index is 0.0396. The molecule has 30 heavy (non-hydrogen) atoms. The fraction of sp³-hybridized carbons (Fsp3) is 0.250. The molecule has 10 heteroatoms. The maximum atomic E-state index is 12.2. The normalized spacial score (nSPS) is 11.5. The monoisotopic (exact) mass is 436 g/mol. The largest absolute Gasteiger partial charge is 0.493 e. The second-order valence-corrected chi connectivity index (χ2v) is 7.84. The number of ether oxygens (including phenoxy) is 3. The van der Waals surface area contributed by atoms with Crippen molar-refractivity contribution in [1.82, 2.24) is 4.47 Å². The van der Waals surface area contributed by atoms with Crippen molar-refractivity contribution in [2.24, 2.45) is 0 Å². The van der Waals surface area contributed by atoms with Crippen LogP contribution in [0.15, 0.2) is 47.4 Å². The van der Waals surface area contributed by atoms with Gasteiger partial charge in [0.15, 0.2) is 11.5 Å². The van der Waals surface area contributed by atoms with E-state index in [1.807, 2.05) is 0 Å². The van der Waals surface area contributed by atoms with Crippen LogP contribution < -0.4 is 19.5 Å². The quantitative estimate of drug-likeness (QED) is 0.476. The number of nitrogens with zero attached hydrogens (tertiary/aromatic N) is 1. The average Bonchev–Trinajstić information content (AvgIpc) is 2.76. The molecule has 2 aromatic rings. The Bertz CT molecular complexity index is 993. The number of nitrogens with one attached hydrogen (secondary N) is 1. The van der Waals surface area contributed by atoms with E-state index in [1.54, 1.807) is 18.2 Å². The first-order valence-corrected chi connectivity index (χ1v) is 10.1. The van der Waals surface area contributed by atoms with Crippen LogP contribution in [0, 0.1) is 0 Å². The Morgan fingerprint density at radius 2 is 1.53 bits per heavy atom. The Morgan fingerprint density at radius 1 is 0.967 bits per heavy atom. The zero-order valence-electron chi connectivity index (χ0n) is 17.3. The first kappa shape index (κ1) is 23.2. The fourth-order valence-corrected chi connectivity index (χ4v) is 3.48. The maximum Gasteiger partial charge on any atom is 0.264 e. The van der Waals surface area contributed by atoms with Gasteiger partial charge in [-0.3, -0.25) is 9.63 Å². The predicted octanol–water partition coefficient (Wildman–Crippen LogP) is 2.55. The lowest BCUT2D eigenvalue weighted by molar-refractivity contribution is -0.111. The van der Waals surface area contributed by atoms with Crippen LogP contribution in [0.2, 0.25) is 0 Å². The van der Waals surface area contributed by atoms with E-state index in [4.69, 9.17) is 19.0 Å². The van der Waals surface area contributed by atoms with Crippen LogP contribution in [0.3, 0.4) is 0 Å². The minimum Gasteiger partial charge on any atom is -0.493 e. The summed E-state index contributed by atoms with van der Waals surface area (Å²) in [6.45, 7) is 0. The van der Waals surface area contributed by atoms with Crippen LogP contribution in [0.25, 0.3) is 6.08 Å². The number of anilines is 1. The van der Waals surface area contributed by atoms with E-state index >= 15 is 0 Å². The van der Waals surface area contributed by atoms with Gasteiger partial charge in [-0.05, 0) is 48.0 Å². The van der Waals surface area contributed by atoms with Gasteiger partial charge in [0.2, 0.25) is 11.7 Å². The Morgan fingerprint density at radius 3 is 2.00 bits per heavy atom. The second-order valence-electron chi connectivity index (χ2n) is 5.90. The van der Waals surface area contributed by atoms with Crippen LogP contribution in [0.5, 0.6) is 17.2 Å². The highest BCUT2D eigenvalue weighted by molar-refractivity contribution is 7.89. The van der Waals surface area contributed by atoms with Gasteiger partial charge in [0.25, 0.3) is 10.0 Å². The molecule has 0 fully saturated rings. The van der Waals surface area contributed by atoms with Crippen molar-refractivity contribution in [2.75, 3.05) is 40.8 Å². The van der Waals surface area contributed by atoms with E-state index in [-0.39, 0.29) is 4.90 Å². The minimum atomic E-state index is -3.75. The van der Waals surface area contributed by atoms with Gasteiger partial charge in [0.05, 0.1) is 33.3 Å². The number of carbonyl (C=O) groups is 1. The molecule has 0 spiro atoms. The molecule has 162 valence electrons. The van der Waals surface area contributed by atoms with Gasteiger partial charge in [0, 0.05) is 18.8 Å². The van der Waals surface area contributed by atoms with Crippen molar-refractivity contribution in [3.8, 4) is 17.2 Å². The molecule has 0 saturated carbocycles. The molecule has 1 N–H and O–H groups in total. The van der Waals surface area contributed by atoms with Gasteiger partial charge in [-0.25, -0.2) is 8.42 Å². The summed E-state index contributed by atoms with van der Waals surface area (Å²) in [6.07, 6.45) is 2.93. The lowest BCUT2D eigenvalue weighted by atomic mass is 10.1. The molecule has 0 unspecified atom stereocenters. The zero-order valence-corrected chi connectivity index (χ0v) is 18.1. The van der Waals surface area contributed by atoms with E-state index in [0.717, 1.165) is 4.47 Å². The number of rotatable bonds is 9. The maximum absolute atomic E-state index is 12.2. The molecular weight excluding hydrogens is 412 g/mol. The van der Waals surface area contributed by atoms with Crippen molar-refractivity contribution in [1.29, 1.82) is 0 Å². The van der Waals surface area contributed by atoms with Crippen LogP contribution in [-0.4, -0.2) is 54.3 Å². The molecule has 0 bridgehead atoms. The number of carbonyl (C=O) groups excluding carboxylic acids is 1. The summed E-state index contributed by atoms with van der Waals surface area (Å²) in [5, 5.41) is 2.66. The summed E-state index contributed by atoms with van der Waals surface area (Å²) in [5.74, 6) is 0.994. The molecule has 0 radical (unpaired) electrons. The molecule has 0 aliphatic rings. The third kappa shape index (κ3) is 5.29. The SMILES string of the molecule is COc1cc(/C=C/C(=O)Nc2ccc(S(=O)(=O)N(C)OC)cc2)cc(OC)c1OC. The molecule has 0 heterocycles. The number of methoxy groups -OCH3 is 3. The number of hydroxylamine groups is 1. The number of hydrogen-bond acceptors (Lipinski definition) is 7. The van der Waals surface area contributed by atoms with E-state index in [9.17, 15) is 13.2 Å². The van der Waals surface area contributed by atoms with E-state index < -0.39 is 15.9 Å². The fourth-order valence-electron chi connectivity index (χ4n) is 2.51. The number of benzene rings is 2. The van der Waals surface area contributed by atoms with Crippen LogP contribution in [0.4, 0.5) is 5.69 Å². The summed E-state index contributed by atoms with van der Waals surface area (Å²) in [4.78, 5) is 17.0. The summed E-state index contributed by atoms with van der Waals surface area (Å²) in [5.41, 5.74) is 1.11. The van der Waals surface area contributed by atoms with Gasteiger partial charge >= 0.3 is 0 Å². The summed E-state index contributed by atoms with van der Waals surface area (Å²) in [6, 6.07) is 9.14. The van der Waals surface area contributed by atoms with Crippen molar-refractivity contribution in [2.45, 2.75) is 4.90 Å². The summed E-state index contributed by atoms with van der Waals surface area (Å²) >= 11 is 0. The molecule has 9 nitrogen and oxygen atoms in total. The summed E-state index contributed by atoms with van der Waals surface area (Å²) < 4.78 is 40.9. The molecule has 2 aromatic carbocycles. The number of amides is 1. The predicted molar refractivity (Wildman–Crippen MR) is 112 cm³/mol. The topological polar surface area (TPSA) is 103 Å². The number of sulfonamides is 1. The smallest absolute Gasteiger partial charge is 0.264 e. The molecule has 1 amide bonds. The molecule has 0 aromatic heterocycles. The Balaban J connectivity index is 2.13. The first-order valence-electron chi connectivity index (χ1n) is 8.69. The highest BCUT2D eigenvalue weighted by Gasteiger charge is 2.20. The van der Waals surface area contributed by atoms with Crippen LogP contribution >= 0.6 is 0 Å². The lowest BCUT2D eigenvalue weighted by Gasteiger charge is -2.14. The van der Waals surface area contributed by atoms with Crippen LogP contribution in [0.1, 0.15) is 5.56 Å². The lowest BCUT2D eigenvalue weighted by Crippen LogP contribution is -2.25. The third-order valence-corrected chi connectivity index (χ3v) is 5.82. The Labute approximate surface area is 175 Å².